The van der Waals surface area contributed by atoms with Gasteiger partial charge >= 0.3 is 29.6 Å². The third-order valence-corrected chi connectivity index (χ3v) is 7.48. The van der Waals surface area contributed by atoms with Gasteiger partial charge in [0, 0.05) is 45.7 Å². The van der Waals surface area contributed by atoms with Gasteiger partial charge < -0.3 is 14.5 Å². The minimum Gasteiger partial charge on any atom is -0.496 e. The molecule has 0 atom stereocenters. The molecule has 0 bridgehead atoms. The number of carbonyl (C=O) groups excluding carboxylic acids is 2. The second-order valence-corrected chi connectivity index (χ2v) is 10.3. The minimum absolute atomic E-state index is 0. The number of carbonyl (C=O) groups is 2. The molecule has 3 aromatic carbocycles. The first kappa shape index (κ1) is 30.2. The van der Waals surface area contributed by atoms with E-state index in [4.69, 9.17) is 9.47 Å². The molecule has 0 aliphatic carbocycles. The Bertz CT molecular complexity index is 1610. The molecule has 0 spiro atoms. The first-order valence-corrected chi connectivity index (χ1v) is 13.4. The number of fused-ring (bicyclic) bond motifs is 1. The van der Waals surface area contributed by atoms with Gasteiger partial charge in [-0.2, -0.15) is 0 Å². The SMILES string of the molecule is C=C(C(=O)c1ccc(S(=O)(=O)NC(=O)CCC)cc1)c1cc(-c2cc3ccccc3[nH]2)c(OC)cc1OC.[Na+]. The maximum absolute atomic E-state index is 13.4. The van der Waals surface area contributed by atoms with E-state index in [-0.39, 0.29) is 52.0 Å². The van der Waals surface area contributed by atoms with Gasteiger partial charge in [0.15, 0.2) is 5.78 Å². The van der Waals surface area contributed by atoms with Crippen molar-refractivity contribution in [3.63, 3.8) is 0 Å². The van der Waals surface area contributed by atoms with E-state index in [2.05, 4.69) is 11.6 Å². The Labute approximate surface area is 249 Å². The summed E-state index contributed by atoms with van der Waals surface area (Å²) >= 11 is 0. The predicted octanol–water partition coefficient (Wildman–Crippen LogP) is 2.36. The van der Waals surface area contributed by atoms with Crippen molar-refractivity contribution >= 4 is 38.2 Å². The third-order valence-electron chi connectivity index (χ3n) is 6.09. The summed E-state index contributed by atoms with van der Waals surface area (Å²) in [5, 5.41) is 1.03. The number of hydrogen-bond donors (Lipinski definition) is 2. The van der Waals surface area contributed by atoms with Gasteiger partial charge in [0.1, 0.15) is 11.5 Å². The molecular weight excluding hydrogens is 527 g/mol. The van der Waals surface area contributed by atoms with Crippen LogP contribution in [0.25, 0.3) is 27.7 Å². The number of allylic oxidation sites excluding steroid dienone is 1. The molecule has 0 radical (unpaired) electrons. The van der Waals surface area contributed by atoms with Crippen LogP contribution in [0.15, 0.2) is 78.2 Å². The van der Waals surface area contributed by atoms with Gasteiger partial charge in [0.25, 0.3) is 10.0 Å². The number of ether oxygens (including phenoxy) is 2. The molecule has 8 nitrogen and oxygen atoms in total. The fourth-order valence-corrected chi connectivity index (χ4v) is 5.15. The largest absolute Gasteiger partial charge is 1.00 e. The van der Waals surface area contributed by atoms with Crippen molar-refractivity contribution in [3.05, 3.63) is 84.4 Å². The van der Waals surface area contributed by atoms with Gasteiger partial charge in [-0.3, -0.25) is 9.59 Å². The van der Waals surface area contributed by atoms with Gasteiger partial charge in [-0.05, 0) is 48.9 Å². The Hall–Kier alpha value is -3.37. The molecule has 0 aliphatic heterocycles. The van der Waals surface area contributed by atoms with Gasteiger partial charge in [-0.1, -0.05) is 31.7 Å². The summed E-state index contributed by atoms with van der Waals surface area (Å²) in [6, 6.07) is 18.7. The van der Waals surface area contributed by atoms with E-state index in [1.54, 1.807) is 26.2 Å². The molecule has 4 rings (SSSR count). The number of hydrogen-bond acceptors (Lipinski definition) is 6. The van der Waals surface area contributed by atoms with Crippen molar-refractivity contribution in [1.82, 2.24) is 9.71 Å². The van der Waals surface area contributed by atoms with Crippen LogP contribution in [0.1, 0.15) is 35.7 Å². The Morgan fingerprint density at radius 3 is 2.23 bits per heavy atom. The normalized spacial score (nSPS) is 10.9. The quantitative estimate of drug-likeness (QED) is 0.176. The summed E-state index contributed by atoms with van der Waals surface area (Å²) in [5.74, 6) is -0.0385. The number of ketones is 1. The Morgan fingerprint density at radius 1 is 0.949 bits per heavy atom. The number of Topliss-reactive ketones (excluding diaryl/α,β-unsaturated/α-hetero) is 1. The van der Waals surface area contributed by atoms with Gasteiger partial charge in [0.2, 0.25) is 5.91 Å². The number of aromatic nitrogens is 1. The minimum atomic E-state index is -4.03. The second kappa shape index (κ2) is 12.7. The third kappa shape index (κ3) is 6.45. The van der Waals surface area contributed by atoms with E-state index in [1.807, 2.05) is 35.1 Å². The van der Waals surface area contributed by atoms with E-state index < -0.39 is 21.7 Å². The second-order valence-electron chi connectivity index (χ2n) is 8.63. The smallest absolute Gasteiger partial charge is 0.496 e. The summed E-state index contributed by atoms with van der Waals surface area (Å²) in [6.45, 7) is 5.80. The van der Waals surface area contributed by atoms with E-state index in [9.17, 15) is 18.0 Å². The summed E-state index contributed by atoms with van der Waals surface area (Å²) in [7, 11) is -0.985. The zero-order valence-corrected chi connectivity index (χ0v) is 25.1. The van der Waals surface area contributed by atoms with Gasteiger partial charge in [-0.25, -0.2) is 13.1 Å². The first-order chi connectivity index (χ1) is 18.2. The number of benzene rings is 3. The van der Waals surface area contributed by atoms with Crippen molar-refractivity contribution in [3.8, 4) is 22.8 Å². The van der Waals surface area contributed by atoms with Crippen molar-refractivity contribution < 1.29 is 57.0 Å². The van der Waals surface area contributed by atoms with Crippen LogP contribution in [0.5, 0.6) is 11.5 Å². The molecule has 10 heteroatoms. The number of methoxy groups -OCH3 is 2. The van der Waals surface area contributed by atoms with E-state index in [0.717, 1.165) is 22.2 Å². The fourth-order valence-electron chi connectivity index (χ4n) is 4.13. The number of sulfonamides is 1. The van der Waals surface area contributed by atoms with E-state index >= 15 is 0 Å². The van der Waals surface area contributed by atoms with Crippen LogP contribution in [-0.2, 0) is 14.8 Å². The fraction of sp³-hybridized carbons (Fsp3) is 0.172. The average Bonchev–Trinajstić information content (AvgIpc) is 3.35. The molecule has 0 unspecified atom stereocenters. The monoisotopic (exact) mass is 555 g/mol. The standard InChI is InChI=1S/C29H28N2O6S.Na/c1-5-8-28(32)31-38(34,35)21-13-11-19(12-14-21)29(33)18(2)22-16-23(27(37-4)17-26(22)36-3)25-15-20-9-6-7-10-24(20)30-25;/h6-7,9-17,30H,2,5,8H2,1,3-4H3,(H,31,32);/q;+1. The van der Waals surface area contributed by atoms with Gasteiger partial charge in [0.05, 0.1) is 24.8 Å². The van der Waals surface area contributed by atoms with Crippen molar-refractivity contribution in [2.75, 3.05) is 14.2 Å². The van der Waals surface area contributed by atoms with Crippen molar-refractivity contribution in [2.24, 2.45) is 0 Å². The van der Waals surface area contributed by atoms with Crippen molar-refractivity contribution in [1.29, 1.82) is 0 Å². The number of rotatable bonds is 10. The molecular formula is C29H28N2NaO6S+. The zero-order chi connectivity index (χ0) is 27.4. The Morgan fingerprint density at radius 2 is 1.62 bits per heavy atom. The molecule has 1 amide bonds. The molecule has 196 valence electrons. The topological polar surface area (TPSA) is 115 Å². The molecule has 0 fully saturated rings. The van der Waals surface area contributed by atoms with Crippen LogP contribution in [0.4, 0.5) is 0 Å². The van der Waals surface area contributed by atoms with Crippen LogP contribution in [-0.4, -0.2) is 39.3 Å². The molecule has 2 N–H and O–H groups in total. The van der Waals surface area contributed by atoms with Crippen LogP contribution in [0.2, 0.25) is 0 Å². The molecule has 1 heterocycles. The summed E-state index contributed by atoms with van der Waals surface area (Å²) in [4.78, 5) is 28.4. The maximum Gasteiger partial charge on any atom is 1.00 e. The predicted molar refractivity (Wildman–Crippen MR) is 147 cm³/mol. The molecule has 1 aromatic heterocycles. The van der Waals surface area contributed by atoms with Crippen LogP contribution in [0.3, 0.4) is 0 Å². The molecule has 0 saturated carbocycles. The first-order valence-electron chi connectivity index (χ1n) is 11.9. The van der Waals surface area contributed by atoms with Crippen LogP contribution >= 0.6 is 0 Å². The molecule has 0 aliphatic rings. The number of aromatic amines is 1. The average molecular weight is 556 g/mol. The number of para-hydroxylation sites is 1. The zero-order valence-electron chi connectivity index (χ0n) is 22.3. The number of nitrogens with one attached hydrogen (secondary N) is 2. The Kier molecular flexibility index (Phi) is 9.79. The van der Waals surface area contributed by atoms with Crippen molar-refractivity contribution in [2.45, 2.75) is 24.7 Å². The van der Waals surface area contributed by atoms with E-state index in [0.29, 0.717) is 23.5 Å². The molecule has 39 heavy (non-hydrogen) atoms. The van der Waals surface area contributed by atoms with E-state index in [1.165, 1.54) is 31.4 Å². The summed E-state index contributed by atoms with van der Waals surface area (Å²) in [5.41, 5.74) is 3.34. The Balaban J connectivity index is 0.00000420. The molecule has 4 aromatic rings. The van der Waals surface area contributed by atoms with Gasteiger partial charge in [-0.15, -0.1) is 0 Å². The number of H-pyrrole nitrogens is 1. The maximum atomic E-state index is 13.4. The van der Waals surface area contributed by atoms with Crippen LogP contribution < -0.4 is 43.8 Å². The summed E-state index contributed by atoms with van der Waals surface area (Å²) < 4.78 is 38.1. The van der Waals surface area contributed by atoms with Crippen LogP contribution in [0, 0.1) is 0 Å². The molecule has 0 saturated heterocycles. The summed E-state index contributed by atoms with van der Waals surface area (Å²) in [6.07, 6.45) is 0.619. The number of amides is 1.